The fourth-order valence-electron chi connectivity index (χ4n) is 4.48. The Balaban J connectivity index is 1.59. The van der Waals surface area contributed by atoms with Crippen molar-refractivity contribution in [3.8, 4) is 0 Å². The molecule has 150 valence electrons. The van der Waals surface area contributed by atoms with Gasteiger partial charge in [0.05, 0.1) is 7.11 Å². The molecule has 0 saturated heterocycles. The smallest absolute Gasteiger partial charge is 0.315 e. The average molecular weight is 391 g/mol. The molecule has 2 N–H and O–H groups in total. The molecule has 1 atom stereocenters. The lowest BCUT2D eigenvalue weighted by molar-refractivity contribution is -0.143. The number of anilines is 1. The summed E-state index contributed by atoms with van der Waals surface area (Å²) in [7, 11) is 1.27. The molecule has 2 aliphatic carbocycles. The molecular formula is C23H25N3O3. The zero-order valence-electron chi connectivity index (χ0n) is 16.6. The van der Waals surface area contributed by atoms with Crippen molar-refractivity contribution in [1.29, 1.82) is 5.41 Å². The monoisotopic (exact) mass is 391 g/mol. The van der Waals surface area contributed by atoms with Crippen LogP contribution in [0.25, 0.3) is 0 Å². The number of hydrogen-bond acceptors (Lipinski definition) is 5. The fraction of sp³-hybridized carbons (Fsp3) is 0.391. The zero-order chi connectivity index (χ0) is 20.4. The van der Waals surface area contributed by atoms with Crippen LogP contribution in [0.4, 0.5) is 5.69 Å². The number of benzene rings is 1. The van der Waals surface area contributed by atoms with Crippen molar-refractivity contribution in [1.82, 2.24) is 4.98 Å². The van der Waals surface area contributed by atoms with E-state index in [1.54, 1.807) is 18.3 Å². The van der Waals surface area contributed by atoms with Crippen LogP contribution in [0, 0.1) is 11.3 Å². The number of amides is 1. The van der Waals surface area contributed by atoms with Gasteiger partial charge in [0.15, 0.2) is 0 Å². The normalized spacial score (nSPS) is 15.3. The molecular weight excluding hydrogens is 366 g/mol. The number of aromatic nitrogens is 1. The lowest BCUT2D eigenvalue weighted by Gasteiger charge is -2.19. The molecule has 6 heteroatoms. The minimum Gasteiger partial charge on any atom is -0.468 e. The molecule has 2 aromatic rings. The van der Waals surface area contributed by atoms with Crippen LogP contribution in [0.2, 0.25) is 0 Å². The number of ether oxygens (including phenoxy) is 1. The third kappa shape index (κ3) is 3.79. The maximum atomic E-state index is 13.0. The quantitative estimate of drug-likeness (QED) is 0.585. The van der Waals surface area contributed by atoms with Crippen molar-refractivity contribution in [3.05, 3.63) is 58.4 Å². The van der Waals surface area contributed by atoms with E-state index in [1.165, 1.54) is 29.4 Å². The van der Waals surface area contributed by atoms with Gasteiger partial charge in [0.1, 0.15) is 11.6 Å². The molecule has 2 aliphatic rings. The molecule has 0 spiro atoms. The second kappa shape index (κ2) is 8.15. The van der Waals surface area contributed by atoms with Crippen molar-refractivity contribution in [3.63, 3.8) is 0 Å². The molecule has 1 aromatic heterocycles. The number of fused-ring (bicyclic) bond motifs is 2. The van der Waals surface area contributed by atoms with Crippen molar-refractivity contribution in [2.45, 2.75) is 44.9 Å². The molecule has 1 amide bonds. The number of nitrogens with one attached hydrogen (secondary N) is 2. The van der Waals surface area contributed by atoms with Crippen LogP contribution >= 0.6 is 0 Å². The Hall–Kier alpha value is -3.02. The van der Waals surface area contributed by atoms with Crippen LogP contribution < -0.4 is 5.32 Å². The van der Waals surface area contributed by atoms with E-state index in [1.807, 2.05) is 6.07 Å². The van der Waals surface area contributed by atoms with E-state index in [0.717, 1.165) is 44.2 Å². The number of esters is 1. The van der Waals surface area contributed by atoms with Gasteiger partial charge in [0.2, 0.25) is 0 Å². The second-order valence-electron chi connectivity index (χ2n) is 7.70. The Kier molecular flexibility index (Phi) is 5.43. The molecule has 0 bridgehead atoms. The molecule has 1 aromatic carbocycles. The van der Waals surface area contributed by atoms with Crippen LogP contribution in [-0.4, -0.2) is 29.7 Å². The fourth-order valence-corrected chi connectivity index (χ4v) is 4.48. The van der Waals surface area contributed by atoms with E-state index in [-0.39, 0.29) is 12.1 Å². The molecule has 0 aliphatic heterocycles. The highest BCUT2D eigenvalue weighted by Crippen LogP contribution is 2.38. The van der Waals surface area contributed by atoms with Gasteiger partial charge in [-0.2, -0.15) is 0 Å². The first-order valence-electron chi connectivity index (χ1n) is 10.1. The first kappa shape index (κ1) is 19.3. The third-order valence-electron chi connectivity index (χ3n) is 5.93. The summed E-state index contributed by atoms with van der Waals surface area (Å²) < 4.78 is 4.87. The number of rotatable bonds is 6. The predicted octanol–water partition coefficient (Wildman–Crippen LogP) is 3.05. The summed E-state index contributed by atoms with van der Waals surface area (Å²) in [5.74, 6) is -2.12. The molecule has 0 saturated carbocycles. The Morgan fingerprint density at radius 2 is 1.83 bits per heavy atom. The highest BCUT2D eigenvalue weighted by molar-refractivity contribution is 6.45. The van der Waals surface area contributed by atoms with Gasteiger partial charge in [-0.05, 0) is 72.9 Å². The van der Waals surface area contributed by atoms with Crippen LogP contribution in [0.1, 0.15) is 40.8 Å². The van der Waals surface area contributed by atoms with E-state index < -0.39 is 17.8 Å². The van der Waals surface area contributed by atoms with Gasteiger partial charge in [-0.1, -0.05) is 12.1 Å². The van der Waals surface area contributed by atoms with E-state index >= 15 is 0 Å². The summed E-state index contributed by atoms with van der Waals surface area (Å²) in [6.45, 7) is 0. The van der Waals surface area contributed by atoms with Gasteiger partial charge in [-0.15, -0.1) is 0 Å². The number of aryl methyl sites for hydroxylation is 2. The van der Waals surface area contributed by atoms with Crippen molar-refractivity contribution < 1.29 is 14.3 Å². The largest absolute Gasteiger partial charge is 0.468 e. The zero-order valence-corrected chi connectivity index (χ0v) is 16.6. The lowest BCUT2D eigenvalue weighted by atomic mass is 9.95. The minimum atomic E-state index is -0.986. The summed E-state index contributed by atoms with van der Waals surface area (Å²) in [5.41, 5.74) is 6.25. The van der Waals surface area contributed by atoms with Gasteiger partial charge in [0, 0.05) is 24.0 Å². The van der Waals surface area contributed by atoms with Gasteiger partial charge in [-0.3, -0.25) is 20.0 Å². The van der Waals surface area contributed by atoms with Crippen molar-refractivity contribution >= 4 is 23.3 Å². The summed E-state index contributed by atoms with van der Waals surface area (Å²) >= 11 is 0. The van der Waals surface area contributed by atoms with Crippen molar-refractivity contribution in [2.24, 2.45) is 5.92 Å². The van der Waals surface area contributed by atoms with Crippen LogP contribution in [0.15, 0.2) is 30.5 Å². The summed E-state index contributed by atoms with van der Waals surface area (Å²) in [4.78, 5) is 29.5. The SMILES string of the molecule is COC(=O)[C@@H](Cc1ccccn1)C(=N)C(=O)Nc1c2c(cc3c1CCC3)CCC2. The van der Waals surface area contributed by atoms with Crippen LogP contribution in [0.5, 0.6) is 0 Å². The Morgan fingerprint density at radius 3 is 2.41 bits per heavy atom. The Bertz CT molecular complexity index is 937. The third-order valence-corrected chi connectivity index (χ3v) is 5.93. The van der Waals surface area contributed by atoms with E-state index in [9.17, 15) is 9.59 Å². The first-order chi connectivity index (χ1) is 14.1. The second-order valence-corrected chi connectivity index (χ2v) is 7.70. The van der Waals surface area contributed by atoms with E-state index in [2.05, 4.69) is 16.4 Å². The van der Waals surface area contributed by atoms with Gasteiger partial charge >= 0.3 is 5.97 Å². The summed E-state index contributed by atoms with van der Waals surface area (Å²) in [6, 6.07) is 7.67. The maximum Gasteiger partial charge on any atom is 0.315 e. The number of methoxy groups -OCH3 is 1. The number of hydrogen-bond donors (Lipinski definition) is 2. The highest BCUT2D eigenvalue weighted by atomic mass is 16.5. The van der Waals surface area contributed by atoms with E-state index in [4.69, 9.17) is 10.1 Å². The predicted molar refractivity (Wildman–Crippen MR) is 110 cm³/mol. The molecule has 0 unspecified atom stereocenters. The molecule has 0 fully saturated rings. The molecule has 0 radical (unpaired) electrons. The van der Waals surface area contributed by atoms with Gasteiger partial charge in [0.25, 0.3) is 5.91 Å². The summed E-state index contributed by atoms with van der Waals surface area (Å²) in [6.07, 6.45) is 7.92. The minimum absolute atomic E-state index is 0.158. The molecule has 4 rings (SSSR count). The topological polar surface area (TPSA) is 92.1 Å². The van der Waals surface area contributed by atoms with Crippen LogP contribution in [0.3, 0.4) is 0 Å². The number of nitrogens with zero attached hydrogens (tertiary/aromatic N) is 1. The van der Waals surface area contributed by atoms with Gasteiger partial charge < -0.3 is 10.1 Å². The standard InChI is InChI=1S/C23H25N3O3/c1-29-23(28)19(13-16-8-2-3-11-25-16)20(24)22(27)26-21-17-9-4-6-14(17)12-15-7-5-10-18(15)21/h2-3,8,11-12,19,24H,4-7,9-10,13H2,1H3,(H,26,27)/t19-/m0/s1. The Morgan fingerprint density at radius 1 is 1.14 bits per heavy atom. The number of pyridine rings is 1. The van der Waals surface area contributed by atoms with E-state index in [0.29, 0.717) is 5.69 Å². The van der Waals surface area contributed by atoms with Crippen molar-refractivity contribution in [2.75, 3.05) is 12.4 Å². The Labute approximate surface area is 170 Å². The maximum absolute atomic E-state index is 13.0. The molecule has 1 heterocycles. The average Bonchev–Trinajstić information content (AvgIpc) is 3.40. The highest BCUT2D eigenvalue weighted by Gasteiger charge is 2.32. The lowest BCUT2D eigenvalue weighted by Crippen LogP contribution is -2.36. The number of carbonyl (C=O) groups is 2. The van der Waals surface area contributed by atoms with Crippen LogP contribution in [-0.2, 0) is 46.4 Å². The molecule has 29 heavy (non-hydrogen) atoms. The number of carbonyl (C=O) groups excluding carboxylic acids is 2. The first-order valence-corrected chi connectivity index (χ1v) is 10.1. The summed E-state index contributed by atoms with van der Waals surface area (Å²) in [5, 5.41) is 11.4. The molecule has 6 nitrogen and oxygen atoms in total. The van der Waals surface area contributed by atoms with Gasteiger partial charge in [-0.25, -0.2) is 0 Å².